The zero-order valence-corrected chi connectivity index (χ0v) is 10.6. The number of ether oxygens (including phenoxy) is 1. The minimum absolute atomic E-state index is 0.196. The van der Waals surface area contributed by atoms with Gasteiger partial charge in [-0.05, 0) is 30.3 Å². The lowest BCUT2D eigenvalue weighted by molar-refractivity contribution is 0.0688. The van der Waals surface area contributed by atoms with Crippen LogP contribution < -0.4 is 4.74 Å². The zero-order valence-electron chi connectivity index (χ0n) is 9.05. The van der Waals surface area contributed by atoms with Crippen LogP contribution in [0, 0.1) is 0 Å². The second kappa shape index (κ2) is 4.63. The van der Waals surface area contributed by atoms with Crippen LogP contribution in [0.15, 0.2) is 41.0 Å². The second-order valence-electron chi connectivity index (χ2n) is 3.38. The summed E-state index contributed by atoms with van der Waals surface area (Å²) in [6, 6.07) is 8.66. The molecule has 0 spiro atoms. The monoisotopic (exact) mass is 295 g/mol. The number of methoxy groups -OCH3 is 1. The average molecular weight is 296 g/mol. The Morgan fingerprint density at radius 2 is 2.18 bits per heavy atom. The molecular formula is C12H10BrNO3. The third-order valence-electron chi connectivity index (χ3n) is 2.37. The Morgan fingerprint density at radius 3 is 2.82 bits per heavy atom. The normalized spacial score (nSPS) is 10.2. The minimum atomic E-state index is -0.975. The van der Waals surface area contributed by atoms with Crippen molar-refractivity contribution in [2.24, 2.45) is 0 Å². The average Bonchev–Trinajstić information content (AvgIpc) is 2.77. The van der Waals surface area contributed by atoms with Crippen LogP contribution in [0.4, 0.5) is 0 Å². The van der Waals surface area contributed by atoms with Gasteiger partial charge in [-0.25, -0.2) is 4.79 Å². The highest BCUT2D eigenvalue weighted by atomic mass is 79.9. The molecule has 0 radical (unpaired) electrons. The molecule has 1 N–H and O–H groups in total. The van der Waals surface area contributed by atoms with Gasteiger partial charge in [0.15, 0.2) is 0 Å². The molecule has 0 unspecified atom stereocenters. The number of hydrogen-bond donors (Lipinski definition) is 1. The molecule has 17 heavy (non-hydrogen) atoms. The van der Waals surface area contributed by atoms with Gasteiger partial charge in [0.2, 0.25) is 0 Å². The molecule has 1 aromatic heterocycles. The molecule has 0 amide bonds. The summed E-state index contributed by atoms with van der Waals surface area (Å²) in [6.07, 6.45) is 1.69. The van der Waals surface area contributed by atoms with Gasteiger partial charge in [0, 0.05) is 10.7 Å². The molecule has 4 nitrogen and oxygen atoms in total. The van der Waals surface area contributed by atoms with E-state index in [1.807, 2.05) is 12.1 Å². The Balaban J connectivity index is 2.63. The lowest BCUT2D eigenvalue weighted by Crippen LogP contribution is -2.06. The van der Waals surface area contributed by atoms with Crippen molar-refractivity contribution in [3.63, 3.8) is 0 Å². The molecule has 0 aliphatic rings. The highest BCUT2D eigenvalue weighted by molar-refractivity contribution is 9.10. The summed E-state index contributed by atoms with van der Waals surface area (Å²) >= 11 is 3.36. The van der Waals surface area contributed by atoms with Gasteiger partial charge < -0.3 is 14.4 Å². The Morgan fingerprint density at radius 1 is 1.41 bits per heavy atom. The standard InChI is InChI=1S/C12H10BrNO3/c1-17-11-5-4-8(13)7-10(11)14-6-2-3-9(14)12(15)16/h2-7H,1H3,(H,15,16). The largest absolute Gasteiger partial charge is 0.495 e. The number of halogens is 1. The number of rotatable bonds is 3. The SMILES string of the molecule is COc1ccc(Br)cc1-n1cccc1C(=O)O. The number of hydrogen-bond acceptors (Lipinski definition) is 2. The fourth-order valence-corrected chi connectivity index (χ4v) is 1.97. The quantitative estimate of drug-likeness (QED) is 0.947. The number of carboxylic acids is 1. The number of benzene rings is 1. The number of aromatic carboxylic acids is 1. The van der Waals surface area contributed by atoms with E-state index in [0.29, 0.717) is 11.4 Å². The summed E-state index contributed by atoms with van der Waals surface area (Å²) in [4.78, 5) is 11.1. The maximum atomic E-state index is 11.1. The summed E-state index contributed by atoms with van der Waals surface area (Å²) in [5, 5.41) is 9.08. The molecule has 1 heterocycles. The van der Waals surface area contributed by atoms with Gasteiger partial charge >= 0.3 is 5.97 Å². The van der Waals surface area contributed by atoms with Crippen molar-refractivity contribution < 1.29 is 14.6 Å². The Hall–Kier alpha value is -1.75. The predicted octanol–water partition coefficient (Wildman–Crippen LogP) is 2.95. The van der Waals surface area contributed by atoms with E-state index in [1.165, 1.54) is 0 Å². The van der Waals surface area contributed by atoms with Gasteiger partial charge in [-0.2, -0.15) is 0 Å². The summed E-state index contributed by atoms with van der Waals surface area (Å²) in [5.41, 5.74) is 0.880. The third-order valence-corrected chi connectivity index (χ3v) is 2.86. The molecule has 0 aliphatic carbocycles. The van der Waals surface area contributed by atoms with E-state index in [0.717, 1.165) is 4.47 Å². The van der Waals surface area contributed by atoms with Gasteiger partial charge in [0.1, 0.15) is 11.4 Å². The molecule has 0 fully saturated rings. The van der Waals surface area contributed by atoms with Crippen molar-refractivity contribution in [2.45, 2.75) is 0 Å². The molecule has 0 saturated heterocycles. The lowest BCUT2D eigenvalue weighted by atomic mass is 10.3. The first-order valence-corrected chi connectivity index (χ1v) is 5.67. The van der Waals surface area contributed by atoms with Gasteiger partial charge in [0.25, 0.3) is 0 Å². The van der Waals surface area contributed by atoms with Crippen molar-refractivity contribution in [1.29, 1.82) is 0 Å². The van der Waals surface area contributed by atoms with E-state index in [4.69, 9.17) is 9.84 Å². The van der Waals surface area contributed by atoms with Crippen LogP contribution in [0.3, 0.4) is 0 Å². The van der Waals surface area contributed by atoms with Crippen LogP contribution in [-0.4, -0.2) is 22.8 Å². The fraction of sp³-hybridized carbons (Fsp3) is 0.0833. The molecule has 2 rings (SSSR count). The van der Waals surface area contributed by atoms with Crippen LogP contribution >= 0.6 is 15.9 Å². The van der Waals surface area contributed by atoms with E-state index in [-0.39, 0.29) is 5.69 Å². The van der Waals surface area contributed by atoms with E-state index in [2.05, 4.69) is 15.9 Å². The van der Waals surface area contributed by atoms with Crippen molar-refractivity contribution >= 4 is 21.9 Å². The number of carbonyl (C=O) groups is 1. The van der Waals surface area contributed by atoms with Crippen LogP contribution in [-0.2, 0) is 0 Å². The van der Waals surface area contributed by atoms with Crippen molar-refractivity contribution in [2.75, 3.05) is 7.11 Å². The summed E-state index contributed by atoms with van der Waals surface area (Å²) in [5.74, 6) is -0.357. The molecule has 0 atom stereocenters. The van der Waals surface area contributed by atoms with Crippen LogP contribution in [0.1, 0.15) is 10.5 Å². The highest BCUT2D eigenvalue weighted by Gasteiger charge is 2.13. The topological polar surface area (TPSA) is 51.5 Å². The zero-order chi connectivity index (χ0) is 12.4. The summed E-state index contributed by atoms with van der Waals surface area (Å²) in [6.45, 7) is 0. The van der Waals surface area contributed by atoms with Crippen molar-refractivity contribution in [3.8, 4) is 11.4 Å². The first kappa shape index (κ1) is 11.7. The Labute approximate surface area is 107 Å². The van der Waals surface area contributed by atoms with E-state index < -0.39 is 5.97 Å². The number of nitrogens with zero attached hydrogens (tertiary/aromatic N) is 1. The predicted molar refractivity (Wildman–Crippen MR) is 67.0 cm³/mol. The van der Waals surface area contributed by atoms with Gasteiger partial charge in [0.05, 0.1) is 12.8 Å². The van der Waals surface area contributed by atoms with Crippen molar-refractivity contribution in [1.82, 2.24) is 4.57 Å². The van der Waals surface area contributed by atoms with Crippen molar-refractivity contribution in [3.05, 3.63) is 46.7 Å². The summed E-state index contributed by atoms with van der Waals surface area (Å²) in [7, 11) is 1.55. The smallest absolute Gasteiger partial charge is 0.352 e. The third kappa shape index (κ3) is 2.19. The molecule has 88 valence electrons. The maximum absolute atomic E-state index is 11.1. The molecular weight excluding hydrogens is 286 g/mol. The highest BCUT2D eigenvalue weighted by Crippen LogP contribution is 2.27. The molecule has 1 aromatic carbocycles. The number of carboxylic acid groups (broad SMARTS) is 1. The van der Waals surface area contributed by atoms with Gasteiger partial charge in [-0.15, -0.1) is 0 Å². The fourth-order valence-electron chi connectivity index (χ4n) is 1.62. The Bertz CT molecular complexity index is 563. The minimum Gasteiger partial charge on any atom is -0.495 e. The van der Waals surface area contributed by atoms with Crippen LogP contribution in [0.25, 0.3) is 5.69 Å². The molecule has 0 bridgehead atoms. The van der Waals surface area contributed by atoms with E-state index >= 15 is 0 Å². The van der Waals surface area contributed by atoms with E-state index in [1.54, 1.807) is 36.1 Å². The van der Waals surface area contributed by atoms with Gasteiger partial charge in [-0.3, -0.25) is 0 Å². The van der Waals surface area contributed by atoms with Crippen LogP contribution in [0.2, 0.25) is 0 Å². The Kier molecular flexibility index (Phi) is 3.19. The summed E-state index contributed by atoms with van der Waals surface area (Å²) < 4.78 is 7.66. The number of aromatic nitrogens is 1. The molecule has 0 saturated carbocycles. The lowest BCUT2D eigenvalue weighted by Gasteiger charge is -2.11. The molecule has 0 aliphatic heterocycles. The molecule has 5 heteroatoms. The second-order valence-corrected chi connectivity index (χ2v) is 4.30. The van der Waals surface area contributed by atoms with Gasteiger partial charge in [-0.1, -0.05) is 15.9 Å². The van der Waals surface area contributed by atoms with Crippen LogP contribution in [0.5, 0.6) is 5.75 Å². The van der Waals surface area contributed by atoms with E-state index in [9.17, 15) is 4.79 Å². The maximum Gasteiger partial charge on any atom is 0.352 e. The first-order chi connectivity index (χ1) is 8.13. The first-order valence-electron chi connectivity index (χ1n) is 4.88. The molecule has 2 aromatic rings.